The number of amides is 2. The lowest BCUT2D eigenvalue weighted by atomic mass is 10.1. The maximum atomic E-state index is 12.4. The van der Waals surface area contributed by atoms with Crippen molar-refractivity contribution in [1.82, 2.24) is 10.2 Å². The molecule has 0 spiro atoms. The van der Waals surface area contributed by atoms with Gasteiger partial charge < -0.3 is 15.5 Å². The quantitative estimate of drug-likeness (QED) is 0.880. The molecule has 0 aliphatic carbocycles. The molecule has 2 aromatic carbocycles. The third-order valence-corrected chi connectivity index (χ3v) is 4.64. The van der Waals surface area contributed by atoms with E-state index in [4.69, 9.17) is 0 Å². The highest BCUT2D eigenvalue weighted by Crippen LogP contribution is 2.22. The maximum Gasteiger partial charge on any atom is 0.244 e. The summed E-state index contributed by atoms with van der Waals surface area (Å²) < 4.78 is 0. The fourth-order valence-corrected chi connectivity index (χ4v) is 3.30. The largest absolute Gasteiger partial charge is 0.376 e. The third-order valence-electron chi connectivity index (χ3n) is 4.64. The minimum Gasteiger partial charge on any atom is -0.376 e. The van der Waals surface area contributed by atoms with Gasteiger partial charge in [-0.05, 0) is 37.6 Å². The Hall–Kier alpha value is -2.56. The Morgan fingerprint density at radius 2 is 1.76 bits per heavy atom. The van der Waals surface area contributed by atoms with Crippen LogP contribution in [0, 0.1) is 0 Å². The normalized spacial score (nSPS) is 15.6. The van der Waals surface area contributed by atoms with E-state index in [-0.39, 0.29) is 18.4 Å². The van der Waals surface area contributed by atoms with E-state index < -0.39 is 6.04 Å². The lowest BCUT2D eigenvalue weighted by Gasteiger charge is -2.29. The molecule has 1 atom stereocenters. The van der Waals surface area contributed by atoms with Crippen molar-refractivity contribution >= 4 is 28.3 Å². The van der Waals surface area contributed by atoms with E-state index in [9.17, 15) is 9.59 Å². The molecule has 1 heterocycles. The van der Waals surface area contributed by atoms with Gasteiger partial charge in [-0.25, -0.2) is 0 Å². The molecule has 5 nitrogen and oxygen atoms in total. The SMILES string of the molecule is CC(NC(=O)CNc1cccc2ccccc12)C(=O)N1CCCCC1. The van der Waals surface area contributed by atoms with Gasteiger partial charge in [-0.15, -0.1) is 0 Å². The van der Waals surface area contributed by atoms with Crippen molar-refractivity contribution in [3.63, 3.8) is 0 Å². The molecule has 1 fully saturated rings. The number of anilines is 1. The minimum absolute atomic E-state index is 0.0122. The van der Waals surface area contributed by atoms with Crippen LogP contribution in [0.15, 0.2) is 42.5 Å². The zero-order valence-corrected chi connectivity index (χ0v) is 14.6. The van der Waals surface area contributed by atoms with Gasteiger partial charge >= 0.3 is 0 Å². The summed E-state index contributed by atoms with van der Waals surface area (Å²) >= 11 is 0. The van der Waals surface area contributed by atoms with Gasteiger partial charge in [0.05, 0.1) is 6.54 Å². The predicted molar refractivity (Wildman–Crippen MR) is 100 cm³/mol. The molecule has 25 heavy (non-hydrogen) atoms. The van der Waals surface area contributed by atoms with E-state index in [2.05, 4.69) is 10.6 Å². The summed E-state index contributed by atoms with van der Waals surface area (Å²) in [4.78, 5) is 26.4. The van der Waals surface area contributed by atoms with Crippen molar-refractivity contribution in [2.75, 3.05) is 25.0 Å². The number of nitrogens with zero attached hydrogens (tertiary/aromatic N) is 1. The Kier molecular flexibility index (Phi) is 5.53. The Labute approximate surface area is 148 Å². The van der Waals surface area contributed by atoms with Gasteiger partial charge in [-0.3, -0.25) is 9.59 Å². The van der Waals surface area contributed by atoms with Crippen LogP contribution >= 0.6 is 0 Å². The monoisotopic (exact) mass is 339 g/mol. The third kappa shape index (κ3) is 4.29. The van der Waals surface area contributed by atoms with Gasteiger partial charge in [0.25, 0.3) is 0 Å². The van der Waals surface area contributed by atoms with Crippen molar-refractivity contribution in [3.8, 4) is 0 Å². The number of likely N-dealkylation sites (tertiary alicyclic amines) is 1. The van der Waals surface area contributed by atoms with E-state index >= 15 is 0 Å². The van der Waals surface area contributed by atoms with Crippen molar-refractivity contribution in [2.24, 2.45) is 0 Å². The van der Waals surface area contributed by atoms with Crippen LogP contribution in [0.1, 0.15) is 26.2 Å². The number of carbonyl (C=O) groups excluding carboxylic acids is 2. The summed E-state index contributed by atoms with van der Waals surface area (Å²) in [5.41, 5.74) is 0.920. The molecule has 1 aliphatic rings. The Bertz CT molecular complexity index is 748. The summed E-state index contributed by atoms with van der Waals surface area (Å²) in [5.74, 6) is -0.163. The second-order valence-electron chi connectivity index (χ2n) is 6.56. The first-order valence-corrected chi connectivity index (χ1v) is 8.95. The molecule has 1 aliphatic heterocycles. The average Bonchev–Trinajstić information content (AvgIpc) is 2.66. The summed E-state index contributed by atoms with van der Waals surface area (Å²) in [6.07, 6.45) is 3.28. The first-order chi connectivity index (χ1) is 12.1. The van der Waals surface area contributed by atoms with Gasteiger partial charge in [0, 0.05) is 24.2 Å². The molecule has 0 aromatic heterocycles. The summed E-state index contributed by atoms with van der Waals surface area (Å²) in [5, 5.41) is 8.18. The van der Waals surface area contributed by atoms with Gasteiger partial charge in [0.15, 0.2) is 0 Å². The molecule has 1 saturated heterocycles. The molecule has 1 unspecified atom stereocenters. The van der Waals surface area contributed by atoms with Crippen LogP contribution in [-0.2, 0) is 9.59 Å². The number of benzene rings is 2. The van der Waals surface area contributed by atoms with Crippen LogP contribution in [0.25, 0.3) is 10.8 Å². The number of piperidine rings is 1. The van der Waals surface area contributed by atoms with Crippen molar-refractivity contribution in [3.05, 3.63) is 42.5 Å². The number of fused-ring (bicyclic) bond motifs is 1. The number of carbonyl (C=O) groups is 2. The summed E-state index contributed by atoms with van der Waals surface area (Å²) in [7, 11) is 0. The first-order valence-electron chi connectivity index (χ1n) is 8.95. The highest BCUT2D eigenvalue weighted by molar-refractivity contribution is 5.95. The first kappa shape index (κ1) is 17.3. The van der Waals surface area contributed by atoms with E-state index in [1.165, 1.54) is 6.42 Å². The van der Waals surface area contributed by atoms with Crippen LogP contribution < -0.4 is 10.6 Å². The smallest absolute Gasteiger partial charge is 0.244 e. The molecule has 2 aromatic rings. The Morgan fingerprint density at radius 3 is 2.56 bits per heavy atom. The summed E-state index contributed by atoms with van der Waals surface area (Å²) in [6, 6.07) is 13.5. The molecule has 132 valence electrons. The summed E-state index contributed by atoms with van der Waals surface area (Å²) in [6.45, 7) is 3.50. The van der Waals surface area contributed by atoms with Gasteiger partial charge in [-0.2, -0.15) is 0 Å². The molecule has 5 heteroatoms. The maximum absolute atomic E-state index is 12.4. The molecule has 0 saturated carbocycles. The van der Waals surface area contributed by atoms with Crippen LogP contribution in [0.5, 0.6) is 0 Å². The molecular formula is C20H25N3O2. The van der Waals surface area contributed by atoms with Crippen molar-refractivity contribution < 1.29 is 9.59 Å². The van der Waals surface area contributed by atoms with E-state index in [0.29, 0.717) is 0 Å². The van der Waals surface area contributed by atoms with E-state index in [1.807, 2.05) is 47.4 Å². The number of hydrogen-bond acceptors (Lipinski definition) is 3. The number of rotatable bonds is 5. The average molecular weight is 339 g/mol. The predicted octanol–water partition coefficient (Wildman–Crippen LogP) is 2.77. The molecule has 2 amide bonds. The standard InChI is InChI=1S/C20H25N3O2/c1-15(20(25)23-12-5-2-6-13-23)22-19(24)14-21-18-11-7-9-16-8-3-4-10-17(16)18/h3-4,7-11,15,21H,2,5-6,12-14H2,1H3,(H,22,24). The van der Waals surface area contributed by atoms with E-state index in [1.54, 1.807) is 6.92 Å². The minimum atomic E-state index is -0.486. The number of nitrogens with one attached hydrogen (secondary N) is 2. The lowest BCUT2D eigenvalue weighted by Crippen LogP contribution is -2.49. The van der Waals surface area contributed by atoms with Gasteiger partial charge in [0.2, 0.25) is 11.8 Å². The molecular weight excluding hydrogens is 314 g/mol. The zero-order valence-electron chi connectivity index (χ0n) is 14.6. The van der Waals surface area contributed by atoms with Crippen molar-refractivity contribution in [1.29, 1.82) is 0 Å². The molecule has 2 N–H and O–H groups in total. The van der Waals surface area contributed by atoms with Crippen molar-refractivity contribution in [2.45, 2.75) is 32.2 Å². The van der Waals surface area contributed by atoms with Crippen LogP contribution in [0.2, 0.25) is 0 Å². The molecule has 0 radical (unpaired) electrons. The molecule has 3 rings (SSSR count). The number of hydrogen-bond donors (Lipinski definition) is 2. The second kappa shape index (κ2) is 8.01. The second-order valence-corrected chi connectivity index (χ2v) is 6.56. The van der Waals surface area contributed by atoms with Crippen LogP contribution in [0.3, 0.4) is 0 Å². The highest BCUT2D eigenvalue weighted by atomic mass is 16.2. The fourth-order valence-electron chi connectivity index (χ4n) is 3.30. The Balaban J connectivity index is 1.54. The van der Waals surface area contributed by atoms with Gasteiger partial charge in [-0.1, -0.05) is 36.4 Å². The topological polar surface area (TPSA) is 61.4 Å². The highest BCUT2D eigenvalue weighted by Gasteiger charge is 2.23. The van der Waals surface area contributed by atoms with Crippen LogP contribution in [-0.4, -0.2) is 42.4 Å². The van der Waals surface area contributed by atoms with E-state index in [0.717, 1.165) is 42.4 Å². The zero-order chi connectivity index (χ0) is 17.6. The van der Waals surface area contributed by atoms with Gasteiger partial charge in [0.1, 0.15) is 6.04 Å². The fraction of sp³-hybridized carbons (Fsp3) is 0.400. The Morgan fingerprint density at radius 1 is 1.04 bits per heavy atom. The lowest BCUT2D eigenvalue weighted by molar-refractivity contribution is -0.136. The van der Waals surface area contributed by atoms with Crippen LogP contribution in [0.4, 0.5) is 5.69 Å². The molecule has 0 bridgehead atoms.